The fourth-order valence-corrected chi connectivity index (χ4v) is 0.326. The lowest BCUT2D eigenvalue weighted by Gasteiger charge is -2.22. The van der Waals surface area contributed by atoms with Crippen molar-refractivity contribution in [1.82, 2.24) is 0 Å². The Morgan fingerprint density at radius 1 is 1.42 bits per heavy atom. The maximum absolute atomic E-state index is 10.6. The third kappa shape index (κ3) is 2.84. The first-order valence-electron chi connectivity index (χ1n) is 6.07. The van der Waals surface area contributed by atoms with Gasteiger partial charge in [-0.2, -0.15) is 0 Å². The van der Waals surface area contributed by atoms with Crippen LogP contribution in [0.15, 0.2) is 0 Å². The van der Waals surface area contributed by atoms with Crippen LogP contribution < -0.4 is 0 Å². The molecule has 0 saturated heterocycles. The predicted octanol–water partition coefficient (Wildman–Crippen LogP) is -3.38. The van der Waals surface area contributed by atoms with Gasteiger partial charge in [0.15, 0.2) is 6.26 Å². The van der Waals surface area contributed by atoms with Gasteiger partial charge in [0.2, 0.25) is 0 Å². The van der Waals surface area contributed by atoms with Crippen LogP contribution >= 0.6 is 0 Å². The molecule has 0 radical (unpaired) electrons. The zero-order valence-corrected chi connectivity index (χ0v) is 5.64. The predicted molar refractivity (Wildman–Crippen MR) is 37.2 cm³/mol. The molecular weight excluding hydrogens is 174 g/mol. The molecule has 0 unspecified atom stereocenters. The van der Waals surface area contributed by atoms with Crippen LogP contribution in [0.1, 0.15) is 9.60 Å². The monoisotopic (exact) mass is 193 g/mol. The molecule has 0 heterocycles. The number of aldehydes is 1. The minimum absolute atomic E-state index is 2.37. The van der Waals surface area contributed by atoms with Crippen LogP contribution in [0.5, 0.6) is 0 Å². The number of carbonyl (C=O) groups is 1. The van der Waals surface area contributed by atoms with Crippen molar-refractivity contribution in [3.05, 3.63) is 0 Å². The molecule has 0 aromatic heterocycles. The summed E-state index contributed by atoms with van der Waals surface area (Å²) in [6.07, 6.45) is -19.8. The van der Waals surface area contributed by atoms with Gasteiger partial charge in [0.25, 0.3) is 0 Å². The Kier molecular flexibility index (Phi) is 1.78. The number of hydrogen-bond acceptors (Lipinski definition) is 6. The first-order chi connectivity index (χ1) is 7.94. The Morgan fingerprint density at radius 2 is 1.92 bits per heavy atom. The molecule has 0 saturated carbocycles. The van der Waals surface area contributed by atoms with Gasteiger partial charge in [-0.15, -0.1) is 0 Å². The third-order valence-electron chi connectivity index (χ3n) is 0.875. The number of rotatable bonds is 5. The highest BCUT2D eigenvalue weighted by Crippen LogP contribution is 2.02. The molecule has 0 bridgehead atoms. The van der Waals surface area contributed by atoms with E-state index in [0.29, 0.717) is 0 Å². The molecule has 4 atom stereocenters. The van der Waals surface area contributed by atoms with Gasteiger partial charge in [0, 0.05) is 0 Å². The van der Waals surface area contributed by atoms with Gasteiger partial charge < -0.3 is 30.3 Å². The topological polar surface area (TPSA) is 118 Å². The minimum atomic E-state index is -4.47. The van der Waals surface area contributed by atoms with Crippen molar-refractivity contribution in [2.45, 2.75) is 24.3 Å². The fourth-order valence-electron chi connectivity index (χ4n) is 0.326. The summed E-state index contributed by atoms with van der Waals surface area (Å²) >= 11 is 0. The minimum Gasteiger partial charge on any atom is -0.394 e. The average molecular weight is 193 g/mol. The summed E-state index contributed by atoms with van der Waals surface area (Å²) in [5.74, 6) is 0. The van der Waals surface area contributed by atoms with Crippen molar-refractivity contribution < 1.29 is 39.9 Å². The lowest BCUT2D eigenvalue weighted by molar-refractivity contribution is -0.136. The van der Waals surface area contributed by atoms with Gasteiger partial charge in [-0.05, 0) is 0 Å². The lowest BCUT2D eigenvalue weighted by atomic mass is 11.0. The molecule has 6 heteroatoms. The van der Waals surface area contributed by atoms with E-state index in [2.05, 4.69) is 0 Å². The van der Waals surface area contributed by atoms with Crippen molar-refractivity contribution in [1.29, 1.82) is 0 Å². The Bertz CT molecular complexity index is 373. The normalized spacial score (nSPS) is 41.2. The lowest BCUT2D eigenvalue weighted by Crippen LogP contribution is -2.46. The second kappa shape index (κ2) is 5.18. The average Bonchev–Trinajstić information content (AvgIpc) is 2.14. The molecule has 0 aliphatic carbocycles. The van der Waals surface area contributed by atoms with Crippen molar-refractivity contribution in [2.24, 2.45) is 0 Å². The molecule has 0 rings (SSSR count). The summed E-state index contributed by atoms with van der Waals surface area (Å²) in [4.78, 5) is 10.6. The molecule has 0 spiro atoms. The summed E-state index contributed by atoms with van der Waals surface area (Å²) in [5.41, 5.74) is 0. The van der Waals surface area contributed by atoms with Crippen molar-refractivity contribution >= 4 is 6.26 Å². The smallest absolute Gasteiger partial charge is 0.151 e. The SMILES string of the molecule is [2H][13C](=O)[13C@]([2H])(O)[13C@@]([2H])(O)[13C@]([2H])(O)[13C@]([2H])(O)[13C]([2H])([2H])O. The van der Waals surface area contributed by atoms with E-state index in [9.17, 15) is 20.1 Å². The summed E-state index contributed by atoms with van der Waals surface area (Å²) < 4.78 is 47.4. The highest BCUT2D eigenvalue weighted by atomic mass is 16.6. The summed E-state index contributed by atoms with van der Waals surface area (Å²) in [5, 5.41) is 45.8. The van der Waals surface area contributed by atoms with Gasteiger partial charge in [-0.1, -0.05) is 0 Å². The Labute approximate surface area is 78.5 Å². The number of hydrogen-bond donors (Lipinski definition) is 5. The van der Waals surface area contributed by atoms with Gasteiger partial charge in [0.1, 0.15) is 25.7 Å². The highest BCUT2D eigenvalue weighted by Gasteiger charge is 2.29. The number of aliphatic hydroxyl groups is 5. The molecular formula is C6H12O6. The summed E-state index contributed by atoms with van der Waals surface area (Å²) in [6.45, 7) is -4.07. The number of carbonyl (C=O) groups excluding carboxylic acids is 1. The van der Waals surface area contributed by atoms with Crippen molar-refractivity contribution in [2.75, 3.05) is 6.56 Å². The van der Waals surface area contributed by atoms with E-state index in [1.807, 2.05) is 0 Å². The maximum Gasteiger partial charge on any atom is 0.151 e. The zero-order valence-electron chi connectivity index (χ0n) is 12.6. The highest BCUT2D eigenvalue weighted by molar-refractivity contribution is 5.56. The molecule has 0 aliphatic heterocycles. The van der Waals surface area contributed by atoms with Gasteiger partial charge >= 0.3 is 0 Å². The zero-order chi connectivity index (χ0) is 16.1. The Balaban J connectivity index is 5.99. The Morgan fingerprint density at radius 3 is 2.25 bits per heavy atom. The van der Waals surface area contributed by atoms with E-state index in [0.717, 1.165) is 0 Å². The van der Waals surface area contributed by atoms with E-state index in [4.69, 9.17) is 19.8 Å². The Hall–Kier alpha value is -0.530. The van der Waals surface area contributed by atoms with Crippen LogP contribution in [0, 0.1) is 0 Å². The quantitative estimate of drug-likeness (QED) is 0.230. The van der Waals surface area contributed by atoms with Gasteiger partial charge in [-0.25, -0.2) is 0 Å². The largest absolute Gasteiger partial charge is 0.394 e. The molecule has 0 aliphatic rings. The summed E-state index contributed by atoms with van der Waals surface area (Å²) in [7, 11) is 0. The maximum atomic E-state index is 10.6. The second-order valence-corrected chi connectivity index (χ2v) is 1.61. The van der Waals surface area contributed by atoms with E-state index < -0.39 is 37.1 Å². The molecule has 6 nitrogen and oxygen atoms in total. The third-order valence-corrected chi connectivity index (χ3v) is 0.875. The van der Waals surface area contributed by atoms with Crippen LogP contribution in [-0.4, -0.2) is 62.7 Å². The van der Waals surface area contributed by atoms with Crippen LogP contribution in [0.2, 0.25) is 0 Å². The molecule has 0 fully saturated rings. The van der Waals surface area contributed by atoms with Crippen molar-refractivity contribution in [3.63, 3.8) is 0 Å². The second-order valence-electron chi connectivity index (χ2n) is 1.61. The fraction of sp³-hybridized carbons (Fsp3) is 0.833. The van der Waals surface area contributed by atoms with Crippen LogP contribution in [0.4, 0.5) is 0 Å². The van der Waals surface area contributed by atoms with E-state index >= 15 is 0 Å². The van der Waals surface area contributed by atoms with Crippen LogP contribution in [0.3, 0.4) is 0 Å². The molecule has 0 aromatic carbocycles. The van der Waals surface area contributed by atoms with Gasteiger partial charge in [-0.3, -0.25) is 0 Å². The van der Waals surface area contributed by atoms with Gasteiger partial charge in [0.05, 0.1) is 14.8 Å². The van der Waals surface area contributed by atoms with E-state index in [1.165, 1.54) is 0 Å². The van der Waals surface area contributed by atoms with E-state index in [1.54, 1.807) is 0 Å². The molecule has 12 heavy (non-hydrogen) atoms. The molecule has 72 valence electrons. The molecule has 0 amide bonds. The first kappa shape index (κ1) is 4.12. The molecule has 5 N–H and O–H groups in total. The molecule has 0 aromatic rings. The van der Waals surface area contributed by atoms with Crippen molar-refractivity contribution in [3.8, 4) is 0 Å². The van der Waals surface area contributed by atoms with Crippen LogP contribution in [0.25, 0.3) is 0 Å². The van der Waals surface area contributed by atoms with E-state index in [-0.39, 0.29) is 0 Å². The van der Waals surface area contributed by atoms with Crippen LogP contribution in [-0.2, 0) is 4.79 Å². The summed E-state index contributed by atoms with van der Waals surface area (Å²) in [6, 6.07) is 0. The first-order valence-corrected chi connectivity index (χ1v) is 2.57. The standard InChI is InChI=1S/C6H12O6/c7-1-3(9)5(11)6(12)4(10)2-8/h1,3-6,8-12H,2H2/t3-,4+,5+,6+/m0/s1/i1+1D,2+1D2,3+1D,4+1D,5+1D,6+1D.